The molecule has 7 heteroatoms. The maximum Gasteiger partial charge on any atom is 0.407 e. The van der Waals surface area contributed by atoms with E-state index >= 15 is 0 Å². The van der Waals surface area contributed by atoms with Crippen LogP contribution >= 0.6 is 31.9 Å². The van der Waals surface area contributed by atoms with Crippen LogP contribution in [-0.4, -0.2) is 40.5 Å². The van der Waals surface area contributed by atoms with Crippen molar-refractivity contribution in [3.05, 3.63) is 0 Å². The van der Waals surface area contributed by atoms with Gasteiger partial charge in [-0.05, 0) is 33.6 Å². The molecule has 0 saturated heterocycles. The second-order valence-electron chi connectivity index (χ2n) is 5.89. The number of halogens is 2. The zero-order valence-electron chi connectivity index (χ0n) is 12.1. The van der Waals surface area contributed by atoms with Gasteiger partial charge in [0.25, 0.3) is 0 Å². The van der Waals surface area contributed by atoms with Gasteiger partial charge in [-0.2, -0.15) is 0 Å². The second kappa shape index (κ2) is 7.11. The van der Waals surface area contributed by atoms with Gasteiger partial charge in [-0.1, -0.05) is 31.9 Å². The lowest BCUT2D eigenvalue weighted by Gasteiger charge is -2.36. The van der Waals surface area contributed by atoms with Gasteiger partial charge >= 0.3 is 12.1 Å². The monoisotopic (exact) mass is 413 g/mol. The van der Waals surface area contributed by atoms with Gasteiger partial charge < -0.3 is 14.8 Å². The normalized spacial score (nSPS) is 30.5. The average molecular weight is 415 g/mol. The van der Waals surface area contributed by atoms with Crippen LogP contribution in [-0.2, 0) is 14.3 Å². The second-order valence-corrected chi connectivity index (χ2v) is 8.24. The minimum absolute atomic E-state index is 0.170. The summed E-state index contributed by atoms with van der Waals surface area (Å²) in [6, 6.07) is -0.296. The molecule has 1 fully saturated rings. The number of amides is 1. The van der Waals surface area contributed by atoms with Crippen LogP contribution in [0.2, 0.25) is 0 Å². The van der Waals surface area contributed by atoms with Crippen LogP contribution < -0.4 is 5.32 Å². The van der Waals surface area contributed by atoms with Crippen molar-refractivity contribution < 1.29 is 19.1 Å². The maximum atomic E-state index is 11.9. The third-order valence-corrected chi connectivity index (χ3v) is 5.78. The van der Waals surface area contributed by atoms with E-state index in [1.165, 1.54) is 7.11 Å². The molecule has 1 amide bonds. The number of alkyl carbamates (subject to hydrolysis) is 1. The Bertz CT molecular complexity index is 370. The molecule has 0 aromatic rings. The number of carbonyl (C=O) groups excluding carboxylic acids is 2. The van der Waals surface area contributed by atoms with Crippen molar-refractivity contribution in [2.75, 3.05) is 7.11 Å². The molecular weight excluding hydrogens is 394 g/mol. The first-order valence-corrected chi connectivity index (χ1v) is 8.32. The predicted octanol–water partition coefficient (Wildman–Crippen LogP) is 2.99. The Kier molecular flexibility index (Phi) is 6.31. The van der Waals surface area contributed by atoms with Gasteiger partial charge in [0.1, 0.15) is 5.60 Å². The Hall–Kier alpha value is -0.300. The number of rotatable bonds is 2. The summed E-state index contributed by atoms with van der Waals surface area (Å²) < 4.78 is 10.1. The highest BCUT2D eigenvalue weighted by Crippen LogP contribution is 2.34. The molecule has 0 bridgehead atoms. The Balaban J connectivity index is 2.72. The van der Waals surface area contributed by atoms with Crippen molar-refractivity contribution in [3.63, 3.8) is 0 Å². The van der Waals surface area contributed by atoms with E-state index in [4.69, 9.17) is 9.47 Å². The van der Waals surface area contributed by atoms with Gasteiger partial charge in [0.15, 0.2) is 0 Å². The minimum Gasteiger partial charge on any atom is -0.469 e. The lowest BCUT2D eigenvalue weighted by Crippen LogP contribution is -2.51. The summed E-state index contributed by atoms with van der Waals surface area (Å²) in [7, 11) is 1.36. The molecule has 116 valence electrons. The molecule has 1 N–H and O–H groups in total. The van der Waals surface area contributed by atoms with Gasteiger partial charge in [0.2, 0.25) is 0 Å². The van der Waals surface area contributed by atoms with Gasteiger partial charge in [0, 0.05) is 15.7 Å². The van der Waals surface area contributed by atoms with Crippen LogP contribution in [0.15, 0.2) is 0 Å². The van der Waals surface area contributed by atoms with E-state index in [2.05, 4.69) is 37.2 Å². The first-order chi connectivity index (χ1) is 9.14. The number of nitrogens with one attached hydrogen (secondary N) is 1. The molecule has 4 atom stereocenters. The van der Waals surface area contributed by atoms with Crippen LogP contribution in [0.5, 0.6) is 0 Å². The average Bonchev–Trinajstić information content (AvgIpc) is 2.30. The molecule has 1 aliphatic carbocycles. The summed E-state index contributed by atoms with van der Waals surface area (Å²) >= 11 is 7.09. The molecule has 1 rings (SSSR count). The first kappa shape index (κ1) is 17.8. The maximum absolute atomic E-state index is 11.9. The molecule has 0 unspecified atom stereocenters. The molecule has 0 heterocycles. The third-order valence-electron chi connectivity index (χ3n) is 3.04. The van der Waals surface area contributed by atoms with Gasteiger partial charge in [0.05, 0.1) is 13.0 Å². The van der Waals surface area contributed by atoms with Crippen molar-refractivity contribution in [2.45, 2.75) is 54.9 Å². The number of hydrogen-bond acceptors (Lipinski definition) is 4. The first-order valence-electron chi connectivity index (χ1n) is 6.49. The quantitative estimate of drug-likeness (QED) is 0.557. The molecule has 1 aliphatic rings. The highest BCUT2D eigenvalue weighted by Gasteiger charge is 2.40. The predicted molar refractivity (Wildman–Crippen MR) is 83.3 cm³/mol. The van der Waals surface area contributed by atoms with E-state index in [0.717, 1.165) is 0 Å². The number of methoxy groups -OCH3 is 1. The molecule has 5 nitrogen and oxygen atoms in total. The Morgan fingerprint density at radius 3 is 2.20 bits per heavy atom. The lowest BCUT2D eigenvalue weighted by molar-refractivity contribution is -0.147. The van der Waals surface area contributed by atoms with Crippen LogP contribution in [0, 0.1) is 5.92 Å². The lowest BCUT2D eigenvalue weighted by atomic mass is 9.84. The molecule has 0 aliphatic heterocycles. The summed E-state index contributed by atoms with van der Waals surface area (Å²) in [4.78, 5) is 24.1. The van der Waals surface area contributed by atoms with E-state index < -0.39 is 11.7 Å². The smallest absolute Gasteiger partial charge is 0.407 e. The highest BCUT2D eigenvalue weighted by molar-refractivity contribution is 9.12. The molecular formula is C13H21Br2NO4. The summed E-state index contributed by atoms with van der Waals surface area (Å²) in [6.45, 7) is 5.40. The number of carbonyl (C=O) groups is 2. The van der Waals surface area contributed by atoms with Crippen LogP contribution in [0.1, 0.15) is 33.6 Å². The van der Waals surface area contributed by atoms with E-state index in [0.29, 0.717) is 12.8 Å². The molecule has 0 spiro atoms. The molecule has 0 aromatic heterocycles. The summed E-state index contributed by atoms with van der Waals surface area (Å²) in [6.07, 6.45) is 0.724. The fourth-order valence-corrected chi connectivity index (χ4v) is 3.38. The summed E-state index contributed by atoms with van der Waals surface area (Å²) in [5, 5.41) is 2.78. The van der Waals surface area contributed by atoms with Gasteiger partial charge in [-0.15, -0.1) is 0 Å². The van der Waals surface area contributed by atoms with Gasteiger partial charge in [-0.25, -0.2) is 4.79 Å². The van der Waals surface area contributed by atoms with Crippen molar-refractivity contribution in [1.29, 1.82) is 0 Å². The highest BCUT2D eigenvalue weighted by atomic mass is 79.9. The number of alkyl halides is 2. The topological polar surface area (TPSA) is 64.6 Å². The van der Waals surface area contributed by atoms with E-state index in [1.54, 1.807) is 20.8 Å². The molecule has 20 heavy (non-hydrogen) atoms. The largest absolute Gasteiger partial charge is 0.469 e. The zero-order chi connectivity index (χ0) is 15.5. The third kappa shape index (κ3) is 5.24. The standard InChI is InChI=1S/C13H21Br2NO4/c1-13(2,3)20-12(18)16-10-6-9(15)8(14)5-7(10)11(17)19-4/h7-10H,5-6H2,1-4H3,(H,16,18)/t7-,8+,9+,10+/m1/s1. The van der Waals surface area contributed by atoms with Crippen molar-refractivity contribution >= 4 is 43.9 Å². The number of esters is 1. The van der Waals surface area contributed by atoms with Crippen LogP contribution in [0.4, 0.5) is 4.79 Å². The van der Waals surface area contributed by atoms with Gasteiger partial charge in [-0.3, -0.25) is 4.79 Å². The fraction of sp³-hybridized carbons (Fsp3) is 0.846. The van der Waals surface area contributed by atoms with E-state index in [9.17, 15) is 9.59 Å². The Morgan fingerprint density at radius 1 is 1.15 bits per heavy atom. The minimum atomic E-state index is -0.564. The molecule has 1 saturated carbocycles. The van der Waals surface area contributed by atoms with Crippen LogP contribution in [0.25, 0.3) is 0 Å². The summed E-state index contributed by atoms with van der Waals surface area (Å²) in [5.41, 5.74) is -0.564. The molecule has 0 radical (unpaired) electrons. The van der Waals surface area contributed by atoms with E-state index in [1.807, 2.05) is 0 Å². The van der Waals surface area contributed by atoms with Crippen molar-refractivity contribution in [2.24, 2.45) is 5.92 Å². The number of hydrogen-bond donors (Lipinski definition) is 1. The van der Waals surface area contributed by atoms with E-state index in [-0.39, 0.29) is 27.6 Å². The van der Waals surface area contributed by atoms with Crippen molar-refractivity contribution in [1.82, 2.24) is 5.32 Å². The summed E-state index contributed by atoms with van der Waals surface area (Å²) in [5.74, 6) is -0.680. The molecule has 0 aromatic carbocycles. The Morgan fingerprint density at radius 2 is 1.70 bits per heavy atom. The van der Waals surface area contributed by atoms with Crippen molar-refractivity contribution in [3.8, 4) is 0 Å². The zero-order valence-corrected chi connectivity index (χ0v) is 15.3. The Labute approximate surface area is 136 Å². The number of ether oxygens (including phenoxy) is 2. The fourth-order valence-electron chi connectivity index (χ4n) is 2.14. The van der Waals surface area contributed by atoms with Crippen LogP contribution in [0.3, 0.4) is 0 Å². The SMILES string of the molecule is COC(=O)[C@@H]1C[C@H](Br)[C@@H](Br)C[C@@H]1NC(=O)OC(C)(C)C.